The molecule has 15 heavy (non-hydrogen) atoms. The zero-order chi connectivity index (χ0) is 11.5. The Morgan fingerprint density at radius 2 is 2.20 bits per heavy atom. The predicted molar refractivity (Wildman–Crippen MR) is 56.1 cm³/mol. The van der Waals surface area contributed by atoms with Gasteiger partial charge in [0, 0.05) is 0 Å². The van der Waals surface area contributed by atoms with Crippen molar-refractivity contribution >= 4 is 13.1 Å². The Bertz CT molecular complexity index is 236. The van der Waals surface area contributed by atoms with Crippen LogP contribution in [-0.4, -0.2) is 33.8 Å². The first-order valence-corrected chi connectivity index (χ1v) is 5.32. The average molecular weight is 215 g/mol. The van der Waals surface area contributed by atoms with Crippen molar-refractivity contribution in [2.24, 2.45) is 11.7 Å². The fourth-order valence-electron chi connectivity index (χ4n) is 2.25. The van der Waals surface area contributed by atoms with Gasteiger partial charge in [-0.15, -0.1) is 0 Å². The van der Waals surface area contributed by atoms with Gasteiger partial charge < -0.3 is 20.9 Å². The third-order valence-corrected chi connectivity index (χ3v) is 3.15. The molecule has 5 nitrogen and oxygen atoms in total. The SMILES string of the molecule is N[C@@]1(C(=O)O)CCC[C@H](CCB(O)O)C1. The zero-order valence-corrected chi connectivity index (χ0v) is 8.72. The van der Waals surface area contributed by atoms with Gasteiger partial charge >= 0.3 is 13.1 Å². The van der Waals surface area contributed by atoms with Crippen LogP contribution in [0.3, 0.4) is 0 Å². The molecular formula is C9H18BNO4. The molecule has 0 saturated heterocycles. The highest BCUT2D eigenvalue weighted by molar-refractivity contribution is 6.40. The highest BCUT2D eigenvalue weighted by Gasteiger charge is 2.39. The third kappa shape index (κ3) is 3.48. The van der Waals surface area contributed by atoms with Gasteiger partial charge in [-0.2, -0.15) is 0 Å². The van der Waals surface area contributed by atoms with Crippen LogP contribution in [0.15, 0.2) is 0 Å². The third-order valence-electron chi connectivity index (χ3n) is 3.15. The molecule has 0 unspecified atom stereocenters. The lowest BCUT2D eigenvalue weighted by atomic mass is 9.71. The number of carbonyl (C=O) groups is 1. The van der Waals surface area contributed by atoms with E-state index in [4.69, 9.17) is 20.9 Å². The van der Waals surface area contributed by atoms with E-state index >= 15 is 0 Å². The fraction of sp³-hybridized carbons (Fsp3) is 0.889. The summed E-state index contributed by atoms with van der Waals surface area (Å²) in [5.41, 5.74) is 4.67. The molecule has 6 heteroatoms. The van der Waals surface area contributed by atoms with Crippen molar-refractivity contribution in [3.63, 3.8) is 0 Å². The Labute approximate surface area is 89.4 Å². The molecule has 1 fully saturated rings. The number of hydrogen-bond acceptors (Lipinski definition) is 4. The second-order valence-corrected chi connectivity index (χ2v) is 4.48. The van der Waals surface area contributed by atoms with Crippen LogP contribution in [0.25, 0.3) is 0 Å². The van der Waals surface area contributed by atoms with Crippen LogP contribution in [0.2, 0.25) is 6.32 Å². The van der Waals surface area contributed by atoms with E-state index in [0.29, 0.717) is 25.6 Å². The molecule has 0 aromatic carbocycles. The van der Waals surface area contributed by atoms with Gasteiger partial charge in [0.1, 0.15) is 5.54 Å². The van der Waals surface area contributed by atoms with Gasteiger partial charge in [0.15, 0.2) is 0 Å². The van der Waals surface area contributed by atoms with Crippen molar-refractivity contribution in [3.05, 3.63) is 0 Å². The maximum atomic E-state index is 10.9. The quantitative estimate of drug-likeness (QED) is 0.487. The van der Waals surface area contributed by atoms with Crippen LogP contribution in [-0.2, 0) is 4.79 Å². The van der Waals surface area contributed by atoms with Gasteiger partial charge in [0.25, 0.3) is 0 Å². The van der Waals surface area contributed by atoms with E-state index in [-0.39, 0.29) is 5.92 Å². The highest BCUT2D eigenvalue weighted by atomic mass is 16.4. The lowest BCUT2D eigenvalue weighted by molar-refractivity contribution is -0.145. The van der Waals surface area contributed by atoms with E-state index < -0.39 is 18.6 Å². The van der Waals surface area contributed by atoms with Gasteiger partial charge in [-0.05, 0) is 25.1 Å². The van der Waals surface area contributed by atoms with E-state index in [9.17, 15) is 4.79 Å². The topological polar surface area (TPSA) is 104 Å². The molecular weight excluding hydrogens is 197 g/mol. The van der Waals surface area contributed by atoms with Crippen LogP contribution < -0.4 is 5.73 Å². The minimum Gasteiger partial charge on any atom is -0.480 e. The molecule has 1 aliphatic rings. The molecule has 5 N–H and O–H groups in total. The van der Waals surface area contributed by atoms with Crippen LogP contribution in [0.4, 0.5) is 0 Å². The molecule has 0 heterocycles. The minimum absolute atomic E-state index is 0.196. The summed E-state index contributed by atoms with van der Waals surface area (Å²) in [6.45, 7) is 0. The largest absolute Gasteiger partial charge is 0.480 e. The summed E-state index contributed by atoms with van der Waals surface area (Å²) in [5, 5.41) is 26.4. The molecule has 0 spiro atoms. The summed E-state index contributed by atoms with van der Waals surface area (Å²) in [6.07, 6.45) is 3.60. The predicted octanol–water partition coefficient (Wildman–Crippen LogP) is -0.178. The Morgan fingerprint density at radius 3 is 2.73 bits per heavy atom. The molecule has 1 rings (SSSR count). The number of carboxylic acids is 1. The molecule has 2 atom stereocenters. The summed E-state index contributed by atoms with van der Waals surface area (Å²) in [4.78, 5) is 10.9. The van der Waals surface area contributed by atoms with E-state index in [2.05, 4.69) is 0 Å². The maximum Gasteiger partial charge on any atom is 0.451 e. The summed E-state index contributed by atoms with van der Waals surface area (Å²) in [7, 11) is -1.30. The first-order valence-electron chi connectivity index (χ1n) is 5.32. The standard InChI is InChI=1S/C9H18BNO4/c11-9(8(12)13)4-1-2-7(6-9)3-5-10(14)15/h7,14-15H,1-6,11H2,(H,12,13)/t7-,9+/m1/s1. The number of aliphatic carboxylic acids is 1. The number of rotatable bonds is 4. The van der Waals surface area contributed by atoms with Gasteiger partial charge in [-0.3, -0.25) is 4.79 Å². The summed E-state index contributed by atoms with van der Waals surface area (Å²) in [6, 6.07) is 0. The molecule has 0 aliphatic heterocycles. The highest BCUT2D eigenvalue weighted by Crippen LogP contribution is 2.33. The summed E-state index contributed by atoms with van der Waals surface area (Å²) >= 11 is 0. The van der Waals surface area contributed by atoms with Gasteiger partial charge in [0.2, 0.25) is 0 Å². The van der Waals surface area contributed by atoms with Crippen molar-refractivity contribution in [1.82, 2.24) is 0 Å². The fourth-order valence-corrected chi connectivity index (χ4v) is 2.25. The van der Waals surface area contributed by atoms with Gasteiger partial charge in [0.05, 0.1) is 0 Å². The van der Waals surface area contributed by atoms with Gasteiger partial charge in [-0.25, -0.2) is 0 Å². The molecule has 0 aromatic rings. The van der Waals surface area contributed by atoms with Crippen molar-refractivity contribution in [2.45, 2.75) is 44.0 Å². The molecule has 0 radical (unpaired) electrons. The van der Waals surface area contributed by atoms with Crippen molar-refractivity contribution in [3.8, 4) is 0 Å². The average Bonchev–Trinajstić information content (AvgIpc) is 2.15. The normalized spacial score (nSPS) is 31.3. The van der Waals surface area contributed by atoms with E-state index in [0.717, 1.165) is 12.8 Å². The van der Waals surface area contributed by atoms with Gasteiger partial charge in [-0.1, -0.05) is 19.3 Å². The Balaban J connectivity index is 2.45. The first kappa shape index (κ1) is 12.5. The Hall–Kier alpha value is -0.585. The second-order valence-electron chi connectivity index (χ2n) is 4.48. The lowest BCUT2D eigenvalue weighted by Gasteiger charge is -2.34. The minimum atomic E-state index is -1.30. The number of carboxylic acid groups (broad SMARTS) is 1. The van der Waals surface area contributed by atoms with Crippen molar-refractivity contribution in [2.75, 3.05) is 0 Å². The Kier molecular flexibility index (Phi) is 4.13. The maximum absolute atomic E-state index is 10.9. The van der Waals surface area contributed by atoms with E-state index in [1.165, 1.54) is 0 Å². The molecule has 1 saturated carbocycles. The molecule has 1 aliphatic carbocycles. The van der Waals surface area contributed by atoms with Crippen molar-refractivity contribution in [1.29, 1.82) is 0 Å². The van der Waals surface area contributed by atoms with Crippen molar-refractivity contribution < 1.29 is 19.9 Å². The zero-order valence-electron chi connectivity index (χ0n) is 8.72. The smallest absolute Gasteiger partial charge is 0.451 e. The molecule has 86 valence electrons. The van der Waals surface area contributed by atoms with Crippen LogP contribution in [0.1, 0.15) is 32.1 Å². The molecule has 0 amide bonds. The summed E-state index contributed by atoms with van der Waals surface area (Å²) < 4.78 is 0. The molecule has 0 aromatic heterocycles. The first-order chi connectivity index (χ1) is 6.94. The monoisotopic (exact) mass is 215 g/mol. The lowest BCUT2D eigenvalue weighted by Crippen LogP contribution is -2.51. The number of nitrogens with two attached hydrogens (primary N) is 1. The van der Waals surface area contributed by atoms with E-state index in [1.54, 1.807) is 0 Å². The number of hydrogen-bond donors (Lipinski definition) is 4. The molecule has 0 bridgehead atoms. The Morgan fingerprint density at radius 1 is 1.53 bits per heavy atom. The van der Waals surface area contributed by atoms with Crippen LogP contribution in [0, 0.1) is 5.92 Å². The second kappa shape index (κ2) is 4.96. The van der Waals surface area contributed by atoms with E-state index in [1.807, 2.05) is 0 Å². The van der Waals surface area contributed by atoms with Crippen LogP contribution >= 0.6 is 0 Å². The summed E-state index contributed by atoms with van der Waals surface area (Å²) in [5.74, 6) is -0.751. The van der Waals surface area contributed by atoms with Crippen LogP contribution in [0.5, 0.6) is 0 Å².